The van der Waals surface area contributed by atoms with E-state index in [0.717, 1.165) is 65.5 Å². The van der Waals surface area contributed by atoms with Gasteiger partial charge in [0.2, 0.25) is 0 Å². The number of hydrogen-bond acceptors (Lipinski definition) is 4. The summed E-state index contributed by atoms with van der Waals surface area (Å²) in [5.41, 5.74) is 9.18. The van der Waals surface area contributed by atoms with Crippen molar-refractivity contribution in [2.24, 2.45) is 5.73 Å². The molecule has 2 aromatic carbocycles. The number of benzene rings is 2. The van der Waals surface area contributed by atoms with Crippen LogP contribution in [0.5, 0.6) is 0 Å². The lowest BCUT2D eigenvalue weighted by Crippen LogP contribution is -2.39. The van der Waals surface area contributed by atoms with Gasteiger partial charge in [-0.3, -0.25) is 9.88 Å². The van der Waals surface area contributed by atoms with Crippen LogP contribution in [0.4, 0.5) is 0 Å². The Hall–Kier alpha value is -2.40. The molecule has 5 rings (SSSR count). The average Bonchev–Trinajstić information content (AvgIpc) is 3.12. The van der Waals surface area contributed by atoms with E-state index >= 15 is 0 Å². The Bertz CT molecular complexity index is 1150. The number of furan rings is 1. The van der Waals surface area contributed by atoms with Crippen LogP contribution in [0.15, 0.2) is 59.3 Å². The van der Waals surface area contributed by atoms with E-state index in [1.165, 1.54) is 5.56 Å². The molecule has 142 valence electrons. The van der Waals surface area contributed by atoms with Crippen LogP contribution in [0.3, 0.4) is 0 Å². The number of pyridine rings is 1. The van der Waals surface area contributed by atoms with E-state index in [0.29, 0.717) is 11.1 Å². The molecule has 1 fully saturated rings. The van der Waals surface area contributed by atoms with E-state index in [9.17, 15) is 0 Å². The third kappa shape index (κ3) is 3.39. The van der Waals surface area contributed by atoms with E-state index in [1.807, 2.05) is 36.7 Å². The minimum absolute atomic E-state index is 0.354. The normalized spacial score (nSPS) is 16.2. The van der Waals surface area contributed by atoms with Crippen LogP contribution in [-0.4, -0.2) is 29.0 Å². The van der Waals surface area contributed by atoms with Gasteiger partial charge in [-0.1, -0.05) is 23.7 Å². The molecule has 0 spiro atoms. The third-order valence-corrected chi connectivity index (χ3v) is 5.84. The molecular formula is C23H22ClN3O. The van der Waals surface area contributed by atoms with Crippen molar-refractivity contribution < 1.29 is 4.42 Å². The monoisotopic (exact) mass is 391 g/mol. The quantitative estimate of drug-likeness (QED) is 0.520. The second kappa shape index (κ2) is 7.21. The van der Waals surface area contributed by atoms with Gasteiger partial charge in [-0.15, -0.1) is 0 Å². The predicted molar refractivity (Wildman–Crippen MR) is 114 cm³/mol. The number of likely N-dealkylation sites (tertiary alicyclic amines) is 1. The molecule has 0 aliphatic carbocycles. The standard InChI is InChI=1S/C23H22ClN3O/c24-18-3-4-22-17(10-18)11-23(28-22)21-13-26-12-16-2-1-15(9-20(16)21)14-27-7-5-19(25)6-8-27/h1-4,9-13,19H,5-8,14,25H2. The summed E-state index contributed by atoms with van der Waals surface area (Å²) in [5.74, 6) is 0.816. The van der Waals surface area contributed by atoms with E-state index in [2.05, 4.69) is 28.1 Å². The Morgan fingerprint density at radius 1 is 1.04 bits per heavy atom. The third-order valence-electron chi connectivity index (χ3n) is 5.61. The maximum Gasteiger partial charge on any atom is 0.137 e. The summed E-state index contributed by atoms with van der Waals surface area (Å²) >= 11 is 6.12. The van der Waals surface area contributed by atoms with Crippen molar-refractivity contribution in [2.75, 3.05) is 13.1 Å². The zero-order valence-electron chi connectivity index (χ0n) is 15.6. The number of piperidine rings is 1. The van der Waals surface area contributed by atoms with Gasteiger partial charge in [0.05, 0.1) is 0 Å². The van der Waals surface area contributed by atoms with Gasteiger partial charge in [0.1, 0.15) is 11.3 Å². The van der Waals surface area contributed by atoms with Crippen molar-refractivity contribution in [1.29, 1.82) is 0 Å². The van der Waals surface area contributed by atoms with E-state index < -0.39 is 0 Å². The number of halogens is 1. The zero-order chi connectivity index (χ0) is 19.1. The number of rotatable bonds is 3. The Labute approximate surface area is 168 Å². The Balaban J connectivity index is 1.53. The molecule has 0 saturated carbocycles. The van der Waals surface area contributed by atoms with Crippen molar-refractivity contribution in [3.8, 4) is 11.3 Å². The second-order valence-corrected chi connectivity index (χ2v) is 8.09. The highest BCUT2D eigenvalue weighted by molar-refractivity contribution is 6.31. The predicted octanol–water partition coefficient (Wildman–Crippen LogP) is 5.22. The summed E-state index contributed by atoms with van der Waals surface area (Å²) in [6, 6.07) is 14.7. The van der Waals surface area contributed by atoms with E-state index in [4.69, 9.17) is 21.8 Å². The maximum atomic E-state index is 6.12. The van der Waals surface area contributed by atoms with Gasteiger partial charge < -0.3 is 10.2 Å². The lowest BCUT2D eigenvalue weighted by atomic mass is 10.0. The van der Waals surface area contributed by atoms with Crippen LogP contribution in [0.2, 0.25) is 5.02 Å². The smallest absolute Gasteiger partial charge is 0.137 e. The number of nitrogens with two attached hydrogens (primary N) is 1. The fourth-order valence-electron chi connectivity index (χ4n) is 4.02. The maximum absolute atomic E-state index is 6.12. The first kappa shape index (κ1) is 17.7. The summed E-state index contributed by atoms with van der Waals surface area (Å²) in [5, 5.41) is 3.98. The largest absolute Gasteiger partial charge is 0.456 e. The topological polar surface area (TPSA) is 55.3 Å². The molecule has 1 aliphatic rings. The summed E-state index contributed by atoms with van der Waals surface area (Å²) in [6.07, 6.45) is 5.93. The lowest BCUT2D eigenvalue weighted by molar-refractivity contribution is 0.206. The molecular weight excluding hydrogens is 370 g/mol. The molecule has 0 unspecified atom stereocenters. The fourth-order valence-corrected chi connectivity index (χ4v) is 4.20. The summed E-state index contributed by atoms with van der Waals surface area (Å²) in [4.78, 5) is 6.90. The summed E-state index contributed by atoms with van der Waals surface area (Å²) in [7, 11) is 0. The first-order chi connectivity index (χ1) is 13.7. The zero-order valence-corrected chi connectivity index (χ0v) is 16.3. The SMILES string of the molecule is NC1CCN(Cc2ccc3cncc(-c4cc5cc(Cl)ccc5o4)c3c2)CC1. The van der Waals surface area contributed by atoms with Gasteiger partial charge in [-0.25, -0.2) is 0 Å². The van der Waals surface area contributed by atoms with Crippen LogP contribution >= 0.6 is 11.6 Å². The molecule has 2 N–H and O–H groups in total. The van der Waals surface area contributed by atoms with Gasteiger partial charge in [0.15, 0.2) is 0 Å². The molecule has 28 heavy (non-hydrogen) atoms. The minimum atomic E-state index is 0.354. The van der Waals surface area contributed by atoms with Crippen molar-refractivity contribution >= 4 is 33.3 Å². The van der Waals surface area contributed by atoms with Crippen LogP contribution in [0.25, 0.3) is 33.1 Å². The molecule has 2 aromatic heterocycles. The van der Waals surface area contributed by atoms with Crippen molar-refractivity contribution in [1.82, 2.24) is 9.88 Å². The number of aromatic nitrogens is 1. The van der Waals surface area contributed by atoms with Crippen LogP contribution in [-0.2, 0) is 6.54 Å². The van der Waals surface area contributed by atoms with Crippen LogP contribution < -0.4 is 5.73 Å². The molecule has 1 aliphatic heterocycles. The number of nitrogens with zero attached hydrogens (tertiary/aromatic N) is 2. The van der Waals surface area contributed by atoms with Gasteiger partial charge in [0, 0.05) is 46.3 Å². The highest BCUT2D eigenvalue weighted by atomic mass is 35.5. The molecule has 0 radical (unpaired) electrons. The molecule has 0 bridgehead atoms. The first-order valence-corrected chi connectivity index (χ1v) is 10.1. The number of hydrogen-bond donors (Lipinski definition) is 1. The lowest BCUT2D eigenvalue weighted by Gasteiger charge is -2.30. The van der Waals surface area contributed by atoms with Crippen molar-refractivity contribution in [3.05, 3.63) is 65.4 Å². The fraction of sp³-hybridized carbons (Fsp3) is 0.261. The van der Waals surface area contributed by atoms with Gasteiger partial charge in [0.25, 0.3) is 0 Å². The highest BCUT2D eigenvalue weighted by Gasteiger charge is 2.17. The van der Waals surface area contributed by atoms with Gasteiger partial charge in [-0.05, 0) is 67.2 Å². The minimum Gasteiger partial charge on any atom is -0.456 e. The average molecular weight is 392 g/mol. The Morgan fingerprint density at radius 2 is 1.89 bits per heavy atom. The van der Waals surface area contributed by atoms with Crippen LogP contribution in [0.1, 0.15) is 18.4 Å². The molecule has 4 aromatic rings. The molecule has 3 heterocycles. The molecule has 0 atom stereocenters. The van der Waals surface area contributed by atoms with Crippen LogP contribution in [0, 0.1) is 0 Å². The summed E-state index contributed by atoms with van der Waals surface area (Å²) in [6.45, 7) is 3.07. The Morgan fingerprint density at radius 3 is 2.75 bits per heavy atom. The molecule has 0 amide bonds. The second-order valence-electron chi connectivity index (χ2n) is 7.65. The van der Waals surface area contributed by atoms with Gasteiger partial charge in [-0.2, -0.15) is 0 Å². The molecule has 4 nitrogen and oxygen atoms in total. The van der Waals surface area contributed by atoms with Crippen molar-refractivity contribution in [2.45, 2.75) is 25.4 Å². The van der Waals surface area contributed by atoms with E-state index in [-0.39, 0.29) is 0 Å². The molecule has 1 saturated heterocycles. The van der Waals surface area contributed by atoms with Crippen molar-refractivity contribution in [3.63, 3.8) is 0 Å². The highest BCUT2D eigenvalue weighted by Crippen LogP contribution is 2.34. The van der Waals surface area contributed by atoms with Gasteiger partial charge >= 0.3 is 0 Å². The Kier molecular flexibility index (Phi) is 4.55. The summed E-state index contributed by atoms with van der Waals surface area (Å²) < 4.78 is 6.10. The van der Waals surface area contributed by atoms with E-state index in [1.54, 1.807) is 0 Å². The number of fused-ring (bicyclic) bond motifs is 2. The first-order valence-electron chi connectivity index (χ1n) is 9.70. The molecule has 5 heteroatoms.